The van der Waals surface area contributed by atoms with Crippen molar-refractivity contribution >= 4 is 5.78 Å². The number of Topliss-reactive ketones (excluding diaryl/α,β-unsaturated/α-hetero) is 1. The molecular weight excluding hydrogens is 172 g/mol. The van der Waals surface area contributed by atoms with Gasteiger partial charge in [0.2, 0.25) is 0 Å². The highest BCUT2D eigenvalue weighted by molar-refractivity contribution is 5.81. The number of hydrogen-bond acceptors (Lipinski definition) is 1. The van der Waals surface area contributed by atoms with Gasteiger partial charge in [0, 0.05) is 12.3 Å². The molecule has 0 unspecified atom stereocenters. The maximum Gasteiger partial charge on any atom is 0.136 e. The molecule has 0 amide bonds. The lowest BCUT2D eigenvalue weighted by molar-refractivity contribution is -0.124. The predicted molar refractivity (Wildman–Crippen MR) is 60.3 cm³/mol. The van der Waals surface area contributed by atoms with E-state index in [1.54, 1.807) is 0 Å². The monoisotopic (exact) mass is 196 g/mol. The van der Waals surface area contributed by atoms with Crippen LogP contribution in [0.5, 0.6) is 0 Å². The van der Waals surface area contributed by atoms with Gasteiger partial charge in [-0.1, -0.05) is 46.0 Å². The highest BCUT2D eigenvalue weighted by Gasteiger charge is 2.24. The van der Waals surface area contributed by atoms with E-state index >= 15 is 0 Å². The van der Waals surface area contributed by atoms with Gasteiger partial charge < -0.3 is 0 Å². The molecule has 0 aromatic rings. The molecule has 0 heterocycles. The number of carbonyl (C=O) groups excluding carboxylic acids is 1. The van der Waals surface area contributed by atoms with E-state index in [0.29, 0.717) is 11.7 Å². The van der Waals surface area contributed by atoms with Crippen LogP contribution in [-0.4, -0.2) is 5.78 Å². The molecule has 0 N–H and O–H groups in total. The van der Waals surface area contributed by atoms with E-state index in [0.717, 1.165) is 38.0 Å². The minimum absolute atomic E-state index is 0.380. The Morgan fingerprint density at radius 1 is 1.21 bits per heavy atom. The van der Waals surface area contributed by atoms with E-state index in [2.05, 4.69) is 13.8 Å². The molecule has 0 radical (unpaired) electrons. The standard InChI is InChI=1S/C13H24O/c1-3-6-12(7-4-2)13(14)10-11-8-5-9-11/h11-12H,3-10H2,1-2H3. The fraction of sp³-hybridized carbons (Fsp3) is 0.923. The third-order valence-corrected chi connectivity index (χ3v) is 3.44. The molecule has 0 aromatic heterocycles. The summed E-state index contributed by atoms with van der Waals surface area (Å²) in [7, 11) is 0. The molecule has 14 heavy (non-hydrogen) atoms. The van der Waals surface area contributed by atoms with Crippen molar-refractivity contribution in [3.8, 4) is 0 Å². The molecule has 1 nitrogen and oxygen atoms in total. The normalized spacial score (nSPS) is 17.1. The summed E-state index contributed by atoms with van der Waals surface area (Å²) in [5, 5.41) is 0. The minimum atomic E-state index is 0.380. The van der Waals surface area contributed by atoms with Crippen molar-refractivity contribution in [1.82, 2.24) is 0 Å². The number of carbonyl (C=O) groups is 1. The molecule has 1 fully saturated rings. The topological polar surface area (TPSA) is 17.1 Å². The van der Waals surface area contributed by atoms with Crippen LogP contribution in [0.4, 0.5) is 0 Å². The maximum atomic E-state index is 11.9. The van der Waals surface area contributed by atoms with Crippen LogP contribution >= 0.6 is 0 Å². The fourth-order valence-electron chi connectivity index (χ4n) is 2.31. The first-order valence-electron chi connectivity index (χ1n) is 6.30. The Kier molecular flexibility index (Phi) is 5.21. The molecule has 0 bridgehead atoms. The van der Waals surface area contributed by atoms with Crippen LogP contribution in [0.3, 0.4) is 0 Å². The van der Waals surface area contributed by atoms with Gasteiger partial charge in [-0.15, -0.1) is 0 Å². The molecule has 1 aliphatic carbocycles. The first-order chi connectivity index (χ1) is 6.77. The van der Waals surface area contributed by atoms with Gasteiger partial charge in [0.05, 0.1) is 0 Å². The van der Waals surface area contributed by atoms with Gasteiger partial charge in [0.25, 0.3) is 0 Å². The van der Waals surface area contributed by atoms with Crippen LogP contribution < -0.4 is 0 Å². The Labute approximate surface area is 88.3 Å². The maximum absolute atomic E-state index is 11.9. The van der Waals surface area contributed by atoms with Crippen molar-refractivity contribution in [2.24, 2.45) is 11.8 Å². The molecule has 1 rings (SSSR count). The van der Waals surface area contributed by atoms with Gasteiger partial charge in [0.1, 0.15) is 5.78 Å². The number of rotatable bonds is 7. The third-order valence-electron chi connectivity index (χ3n) is 3.44. The zero-order valence-corrected chi connectivity index (χ0v) is 9.72. The summed E-state index contributed by atoms with van der Waals surface area (Å²) in [5.74, 6) is 1.68. The van der Waals surface area contributed by atoms with Gasteiger partial charge in [-0.3, -0.25) is 4.79 Å². The Morgan fingerprint density at radius 2 is 1.79 bits per heavy atom. The minimum Gasteiger partial charge on any atom is -0.299 e. The molecule has 1 saturated carbocycles. The highest BCUT2D eigenvalue weighted by atomic mass is 16.1. The molecule has 0 aliphatic heterocycles. The zero-order chi connectivity index (χ0) is 10.4. The summed E-state index contributed by atoms with van der Waals surface area (Å²) in [5.41, 5.74) is 0. The summed E-state index contributed by atoms with van der Waals surface area (Å²) in [4.78, 5) is 11.9. The largest absolute Gasteiger partial charge is 0.299 e. The summed E-state index contributed by atoms with van der Waals surface area (Å²) >= 11 is 0. The number of ketones is 1. The van der Waals surface area contributed by atoms with Crippen molar-refractivity contribution in [3.63, 3.8) is 0 Å². The fourth-order valence-corrected chi connectivity index (χ4v) is 2.31. The quantitative estimate of drug-likeness (QED) is 0.602. The van der Waals surface area contributed by atoms with Crippen LogP contribution in [0.25, 0.3) is 0 Å². The van der Waals surface area contributed by atoms with E-state index < -0.39 is 0 Å². The van der Waals surface area contributed by atoms with Crippen molar-refractivity contribution in [2.75, 3.05) is 0 Å². The summed E-state index contributed by atoms with van der Waals surface area (Å²) in [6.07, 6.45) is 9.36. The van der Waals surface area contributed by atoms with Crippen LogP contribution in [0.15, 0.2) is 0 Å². The molecule has 0 spiro atoms. The highest BCUT2D eigenvalue weighted by Crippen LogP contribution is 2.31. The Balaban J connectivity index is 2.28. The number of hydrogen-bond donors (Lipinski definition) is 0. The predicted octanol–water partition coefficient (Wildman–Crippen LogP) is 3.96. The smallest absolute Gasteiger partial charge is 0.136 e. The van der Waals surface area contributed by atoms with Crippen molar-refractivity contribution < 1.29 is 4.79 Å². The lowest BCUT2D eigenvalue weighted by Crippen LogP contribution is -2.21. The molecule has 0 saturated heterocycles. The summed E-state index contributed by atoms with van der Waals surface area (Å²) < 4.78 is 0. The van der Waals surface area contributed by atoms with E-state index in [1.807, 2.05) is 0 Å². The van der Waals surface area contributed by atoms with Crippen molar-refractivity contribution in [1.29, 1.82) is 0 Å². The van der Waals surface area contributed by atoms with Gasteiger partial charge in [0.15, 0.2) is 0 Å². The first-order valence-corrected chi connectivity index (χ1v) is 6.30. The third kappa shape index (κ3) is 3.43. The second-order valence-corrected chi connectivity index (χ2v) is 4.74. The average Bonchev–Trinajstić information content (AvgIpc) is 2.11. The van der Waals surface area contributed by atoms with Gasteiger partial charge in [-0.05, 0) is 18.8 Å². The SMILES string of the molecule is CCCC(CCC)C(=O)CC1CCC1. The van der Waals surface area contributed by atoms with Crippen LogP contribution in [0, 0.1) is 11.8 Å². The molecule has 82 valence electrons. The van der Waals surface area contributed by atoms with Gasteiger partial charge >= 0.3 is 0 Å². The molecule has 1 heteroatoms. The Hall–Kier alpha value is -0.330. The van der Waals surface area contributed by atoms with Crippen molar-refractivity contribution in [3.05, 3.63) is 0 Å². The average molecular weight is 196 g/mol. The summed E-state index contributed by atoms with van der Waals surface area (Å²) in [6, 6.07) is 0. The molecule has 1 aliphatic rings. The van der Waals surface area contributed by atoms with E-state index in [1.165, 1.54) is 19.3 Å². The van der Waals surface area contributed by atoms with Crippen molar-refractivity contribution in [2.45, 2.75) is 65.2 Å². The lowest BCUT2D eigenvalue weighted by Gasteiger charge is -2.26. The second kappa shape index (κ2) is 6.21. The Bertz CT molecular complexity index is 164. The van der Waals surface area contributed by atoms with E-state index in [4.69, 9.17) is 0 Å². The van der Waals surface area contributed by atoms with Crippen LogP contribution in [0.2, 0.25) is 0 Å². The summed E-state index contributed by atoms with van der Waals surface area (Å²) in [6.45, 7) is 4.36. The van der Waals surface area contributed by atoms with Crippen LogP contribution in [-0.2, 0) is 4.79 Å². The van der Waals surface area contributed by atoms with E-state index in [9.17, 15) is 4.79 Å². The van der Waals surface area contributed by atoms with E-state index in [-0.39, 0.29) is 0 Å². The molecule has 0 atom stereocenters. The van der Waals surface area contributed by atoms with Gasteiger partial charge in [-0.25, -0.2) is 0 Å². The van der Waals surface area contributed by atoms with Gasteiger partial charge in [-0.2, -0.15) is 0 Å². The van der Waals surface area contributed by atoms with Crippen LogP contribution in [0.1, 0.15) is 65.2 Å². The lowest BCUT2D eigenvalue weighted by atomic mass is 9.78. The molecule has 0 aromatic carbocycles. The zero-order valence-electron chi connectivity index (χ0n) is 9.72. The first kappa shape index (κ1) is 11.7. The molecular formula is C13H24O. The Morgan fingerprint density at radius 3 is 2.14 bits per heavy atom. The second-order valence-electron chi connectivity index (χ2n) is 4.74.